The molecule has 0 aromatic rings. The number of nitrogens with zero attached hydrogens (tertiary/aromatic N) is 2. The lowest BCUT2D eigenvalue weighted by atomic mass is 10.2. The van der Waals surface area contributed by atoms with Crippen molar-refractivity contribution in [2.45, 2.75) is 27.2 Å². The molecule has 0 bridgehead atoms. The molecule has 0 aliphatic carbocycles. The first-order chi connectivity index (χ1) is 5.57. The van der Waals surface area contributed by atoms with E-state index in [9.17, 15) is 4.79 Å². The Kier molecular flexibility index (Phi) is 5.11. The Balaban J connectivity index is 3.89. The molecular formula is C9H16N2O. The van der Waals surface area contributed by atoms with Crippen molar-refractivity contribution in [2.24, 2.45) is 5.92 Å². The second-order valence-electron chi connectivity index (χ2n) is 3.27. The highest BCUT2D eigenvalue weighted by Crippen LogP contribution is 1.99. The quantitative estimate of drug-likeness (QED) is 0.637. The average Bonchev–Trinajstić information content (AvgIpc) is 1.96. The van der Waals surface area contributed by atoms with Gasteiger partial charge in [-0.3, -0.25) is 4.79 Å². The van der Waals surface area contributed by atoms with Crippen LogP contribution in [0.3, 0.4) is 0 Å². The summed E-state index contributed by atoms with van der Waals surface area (Å²) in [5.74, 6) is 0.520. The minimum absolute atomic E-state index is 0.0546. The van der Waals surface area contributed by atoms with Gasteiger partial charge in [-0.2, -0.15) is 5.26 Å². The molecule has 0 unspecified atom stereocenters. The summed E-state index contributed by atoms with van der Waals surface area (Å²) in [6.45, 7) is 6.96. The second kappa shape index (κ2) is 5.59. The summed E-state index contributed by atoms with van der Waals surface area (Å²) < 4.78 is 0. The number of amides is 1. The van der Waals surface area contributed by atoms with Crippen molar-refractivity contribution in [2.75, 3.05) is 13.1 Å². The van der Waals surface area contributed by atoms with E-state index >= 15 is 0 Å². The monoisotopic (exact) mass is 168 g/mol. The van der Waals surface area contributed by atoms with E-state index in [1.165, 1.54) is 0 Å². The van der Waals surface area contributed by atoms with Crippen LogP contribution in [0.25, 0.3) is 0 Å². The van der Waals surface area contributed by atoms with Crippen LogP contribution in [0.15, 0.2) is 0 Å². The number of rotatable bonds is 4. The topological polar surface area (TPSA) is 44.1 Å². The van der Waals surface area contributed by atoms with Crippen LogP contribution in [-0.4, -0.2) is 23.9 Å². The van der Waals surface area contributed by atoms with E-state index in [0.29, 0.717) is 18.9 Å². The molecule has 0 aromatic heterocycles. The van der Waals surface area contributed by atoms with Crippen molar-refractivity contribution in [1.29, 1.82) is 5.26 Å². The van der Waals surface area contributed by atoms with Crippen molar-refractivity contribution in [3.05, 3.63) is 0 Å². The molecule has 0 saturated heterocycles. The Morgan fingerprint density at radius 1 is 1.58 bits per heavy atom. The van der Waals surface area contributed by atoms with Gasteiger partial charge >= 0.3 is 0 Å². The van der Waals surface area contributed by atoms with Gasteiger partial charge in [-0.05, 0) is 5.92 Å². The third-order valence-electron chi connectivity index (χ3n) is 1.52. The minimum Gasteiger partial charge on any atom is -0.342 e. The lowest BCUT2D eigenvalue weighted by Crippen LogP contribution is -2.32. The van der Waals surface area contributed by atoms with Gasteiger partial charge in [0.15, 0.2) is 0 Å². The third-order valence-corrected chi connectivity index (χ3v) is 1.52. The summed E-state index contributed by atoms with van der Waals surface area (Å²) in [7, 11) is 0. The smallest absolute Gasteiger partial charge is 0.219 e. The van der Waals surface area contributed by atoms with E-state index in [1.54, 1.807) is 11.8 Å². The fourth-order valence-corrected chi connectivity index (χ4v) is 1.00. The number of hydrogen-bond acceptors (Lipinski definition) is 2. The molecule has 1 amide bonds. The van der Waals surface area contributed by atoms with Crippen molar-refractivity contribution >= 4 is 5.91 Å². The first-order valence-corrected chi connectivity index (χ1v) is 4.20. The van der Waals surface area contributed by atoms with Crippen LogP contribution in [0.4, 0.5) is 0 Å². The fraction of sp³-hybridized carbons (Fsp3) is 0.778. The zero-order valence-electron chi connectivity index (χ0n) is 8.00. The lowest BCUT2D eigenvalue weighted by molar-refractivity contribution is -0.129. The molecular weight excluding hydrogens is 152 g/mol. The summed E-state index contributed by atoms with van der Waals surface area (Å²) in [5, 5.41) is 8.34. The summed E-state index contributed by atoms with van der Waals surface area (Å²) in [6, 6.07) is 2.03. The zero-order chi connectivity index (χ0) is 9.56. The summed E-state index contributed by atoms with van der Waals surface area (Å²) in [6.07, 6.45) is 0.423. The Hall–Kier alpha value is -1.04. The van der Waals surface area contributed by atoms with Gasteiger partial charge in [-0.15, -0.1) is 0 Å². The first-order valence-electron chi connectivity index (χ1n) is 4.20. The normalized spacial score (nSPS) is 9.58. The summed E-state index contributed by atoms with van der Waals surface area (Å²) >= 11 is 0. The van der Waals surface area contributed by atoms with Gasteiger partial charge in [0.1, 0.15) is 0 Å². The molecule has 0 N–H and O–H groups in total. The molecule has 3 heteroatoms. The molecule has 68 valence electrons. The van der Waals surface area contributed by atoms with Gasteiger partial charge in [0.2, 0.25) is 5.91 Å². The highest BCUT2D eigenvalue weighted by atomic mass is 16.2. The van der Waals surface area contributed by atoms with E-state index < -0.39 is 0 Å². The molecule has 0 rings (SSSR count). The van der Waals surface area contributed by atoms with E-state index in [4.69, 9.17) is 5.26 Å². The van der Waals surface area contributed by atoms with Gasteiger partial charge in [0.25, 0.3) is 0 Å². The third kappa shape index (κ3) is 4.73. The van der Waals surface area contributed by atoms with Crippen LogP contribution >= 0.6 is 0 Å². The van der Waals surface area contributed by atoms with Crippen molar-refractivity contribution in [3.63, 3.8) is 0 Å². The molecule has 0 aliphatic heterocycles. The maximum absolute atomic E-state index is 11.0. The predicted molar refractivity (Wildman–Crippen MR) is 47.3 cm³/mol. The number of carbonyl (C=O) groups excluding carboxylic acids is 1. The van der Waals surface area contributed by atoms with E-state index in [1.807, 2.05) is 6.07 Å². The van der Waals surface area contributed by atoms with Crippen LogP contribution in [-0.2, 0) is 4.79 Å². The van der Waals surface area contributed by atoms with Crippen LogP contribution in [0.1, 0.15) is 27.2 Å². The Morgan fingerprint density at radius 2 is 2.17 bits per heavy atom. The number of carbonyl (C=O) groups is 1. The molecule has 0 aliphatic rings. The maximum Gasteiger partial charge on any atom is 0.219 e. The van der Waals surface area contributed by atoms with E-state index in [-0.39, 0.29) is 5.91 Å². The van der Waals surface area contributed by atoms with Crippen molar-refractivity contribution < 1.29 is 4.79 Å². The van der Waals surface area contributed by atoms with Crippen molar-refractivity contribution in [3.8, 4) is 6.07 Å². The Labute approximate surface area is 74.0 Å². The molecule has 3 nitrogen and oxygen atoms in total. The minimum atomic E-state index is 0.0546. The molecule has 12 heavy (non-hydrogen) atoms. The van der Waals surface area contributed by atoms with Crippen LogP contribution < -0.4 is 0 Å². The Bertz CT molecular complexity index is 181. The number of nitriles is 1. The second-order valence-corrected chi connectivity index (χ2v) is 3.27. The van der Waals surface area contributed by atoms with Crippen LogP contribution in [0.2, 0.25) is 0 Å². The van der Waals surface area contributed by atoms with Gasteiger partial charge in [0.05, 0.1) is 12.5 Å². The maximum atomic E-state index is 11.0. The SMILES string of the molecule is CC(=O)N(CCC#N)CC(C)C. The summed E-state index contributed by atoms with van der Waals surface area (Å²) in [4.78, 5) is 12.7. The van der Waals surface area contributed by atoms with Gasteiger partial charge in [-0.25, -0.2) is 0 Å². The van der Waals surface area contributed by atoms with E-state index in [0.717, 1.165) is 6.54 Å². The standard InChI is InChI=1S/C9H16N2O/c1-8(2)7-11(9(3)12)6-4-5-10/h8H,4,6-7H2,1-3H3. The van der Waals surface area contributed by atoms with Gasteiger partial charge < -0.3 is 4.90 Å². The Morgan fingerprint density at radius 3 is 2.50 bits per heavy atom. The molecule has 0 saturated carbocycles. The molecule has 0 radical (unpaired) electrons. The molecule has 0 fully saturated rings. The first kappa shape index (κ1) is 11.0. The largest absolute Gasteiger partial charge is 0.342 e. The van der Waals surface area contributed by atoms with E-state index in [2.05, 4.69) is 13.8 Å². The highest BCUT2D eigenvalue weighted by molar-refractivity contribution is 5.73. The zero-order valence-corrected chi connectivity index (χ0v) is 8.00. The molecule has 0 heterocycles. The molecule has 0 spiro atoms. The van der Waals surface area contributed by atoms with Crippen molar-refractivity contribution in [1.82, 2.24) is 4.90 Å². The van der Waals surface area contributed by atoms with Crippen LogP contribution in [0, 0.1) is 17.2 Å². The van der Waals surface area contributed by atoms with Crippen LogP contribution in [0.5, 0.6) is 0 Å². The van der Waals surface area contributed by atoms with Gasteiger partial charge in [-0.1, -0.05) is 13.8 Å². The number of hydrogen-bond donors (Lipinski definition) is 0. The fourth-order valence-electron chi connectivity index (χ4n) is 1.00. The predicted octanol–water partition coefficient (Wildman–Crippen LogP) is 1.40. The lowest BCUT2D eigenvalue weighted by Gasteiger charge is -2.21. The molecule has 0 aromatic carbocycles. The average molecular weight is 168 g/mol. The van der Waals surface area contributed by atoms with Gasteiger partial charge in [0, 0.05) is 20.0 Å². The molecule has 0 atom stereocenters. The highest BCUT2D eigenvalue weighted by Gasteiger charge is 2.08. The summed E-state index contributed by atoms with van der Waals surface area (Å²) in [5.41, 5.74) is 0.